The second-order valence-electron chi connectivity index (χ2n) is 12.7. The molecule has 3 aromatic rings. The number of carbonyl (C=O) groups excluding carboxylic acids is 3. The summed E-state index contributed by atoms with van der Waals surface area (Å²) >= 11 is 12.1. The van der Waals surface area contributed by atoms with E-state index in [9.17, 15) is 14.4 Å². The van der Waals surface area contributed by atoms with E-state index in [1.54, 1.807) is 32.7 Å². The summed E-state index contributed by atoms with van der Waals surface area (Å²) in [6.07, 6.45) is 2.05. The summed E-state index contributed by atoms with van der Waals surface area (Å²) in [5.41, 5.74) is 2.65. The maximum atomic E-state index is 13.0. The summed E-state index contributed by atoms with van der Waals surface area (Å²) in [6, 6.07) is 12.9. The minimum absolute atomic E-state index is 0.124. The van der Waals surface area contributed by atoms with E-state index in [4.69, 9.17) is 27.9 Å². The number of anilines is 1. The van der Waals surface area contributed by atoms with Gasteiger partial charge in [0.1, 0.15) is 11.5 Å². The highest BCUT2D eigenvalue weighted by Gasteiger charge is 2.38. The van der Waals surface area contributed by atoms with Gasteiger partial charge in [-0.2, -0.15) is 0 Å². The third kappa shape index (κ3) is 7.77. The maximum absolute atomic E-state index is 13.0. The first-order chi connectivity index (χ1) is 21.3. The molecule has 2 fully saturated rings. The molecular formula is C32H39Cl2N7O4. The number of carbonyl (C=O) groups is 3. The van der Waals surface area contributed by atoms with Gasteiger partial charge in [-0.3, -0.25) is 14.5 Å². The third-order valence-corrected chi connectivity index (χ3v) is 8.78. The minimum atomic E-state index is -0.752. The van der Waals surface area contributed by atoms with Gasteiger partial charge < -0.3 is 19.9 Å². The van der Waals surface area contributed by atoms with E-state index in [0.29, 0.717) is 54.9 Å². The first-order valence-electron chi connectivity index (χ1n) is 15.1. The quantitative estimate of drug-likeness (QED) is 0.354. The number of nitrogens with one attached hydrogen (secondary N) is 1. The lowest BCUT2D eigenvalue weighted by Gasteiger charge is -2.44. The number of aromatic nitrogens is 3. The smallest absolute Gasteiger partial charge is 0.410 e. The molecule has 3 amide bonds. The van der Waals surface area contributed by atoms with Crippen molar-refractivity contribution in [3.05, 3.63) is 70.0 Å². The Kier molecular flexibility index (Phi) is 9.71. The number of hydrogen-bond donors (Lipinski definition) is 1. The molecule has 2 aromatic carbocycles. The van der Waals surface area contributed by atoms with Crippen LogP contribution < -0.4 is 10.2 Å². The Morgan fingerprint density at radius 2 is 1.67 bits per heavy atom. The van der Waals surface area contributed by atoms with Crippen LogP contribution in [0.5, 0.6) is 0 Å². The van der Waals surface area contributed by atoms with Gasteiger partial charge in [0.05, 0.1) is 27.6 Å². The molecule has 11 nitrogen and oxygen atoms in total. The first kappa shape index (κ1) is 32.7. The zero-order valence-corrected chi connectivity index (χ0v) is 27.7. The van der Waals surface area contributed by atoms with E-state index in [2.05, 4.69) is 34.4 Å². The fourth-order valence-corrected chi connectivity index (χ4v) is 6.03. The number of rotatable bonds is 7. The largest absolute Gasteiger partial charge is 0.444 e. The Bertz CT molecular complexity index is 1540. The van der Waals surface area contributed by atoms with Gasteiger partial charge in [0.2, 0.25) is 11.8 Å². The van der Waals surface area contributed by atoms with Crippen LogP contribution in [0.25, 0.3) is 5.69 Å². The topological polar surface area (TPSA) is 113 Å². The predicted octanol–water partition coefficient (Wildman–Crippen LogP) is 5.07. The summed E-state index contributed by atoms with van der Waals surface area (Å²) in [5, 5.41) is 12.4. The van der Waals surface area contributed by atoms with E-state index in [0.717, 1.165) is 16.9 Å². The molecule has 1 unspecified atom stereocenters. The Labute approximate surface area is 273 Å². The van der Waals surface area contributed by atoms with Crippen LogP contribution in [0.2, 0.25) is 10.0 Å². The Hall–Kier alpha value is -3.67. The van der Waals surface area contributed by atoms with Gasteiger partial charge >= 0.3 is 6.09 Å². The van der Waals surface area contributed by atoms with Gasteiger partial charge in [0.25, 0.3) is 0 Å². The maximum Gasteiger partial charge on any atom is 0.410 e. The van der Waals surface area contributed by atoms with Crippen molar-refractivity contribution in [3.63, 3.8) is 0 Å². The minimum Gasteiger partial charge on any atom is -0.444 e. The van der Waals surface area contributed by atoms with Crippen molar-refractivity contribution in [2.45, 2.75) is 71.8 Å². The van der Waals surface area contributed by atoms with E-state index in [1.807, 2.05) is 51.2 Å². The molecular weight excluding hydrogens is 617 g/mol. The molecule has 45 heavy (non-hydrogen) atoms. The van der Waals surface area contributed by atoms with Gasteiger partial charge in [-0.1, -0.05) is 40.5 Å². The predicted molar refractivity (Wildman–Crippen MR) is 172 cm³/mol. The monoisotopic (exact) mass is 655 g/mol. The van der Waals surface area contributed by atoms with Crippen LogP contribution in [0.1, 0.15) is 52.3 Å². The van der Waals surface area contributed by atoms with Crippen molar-refractivity contribution in [1.29, 1.82) is 0 Å². The fraction of sp³-hybridized carbons (Fsp3) is 0.469. The highest BCUT2D eigenvalue weighted by atomic mass is 35.5. The van der Waals surface area contributed by atoms with E-state index >= 15 is 0 Å². The lowest BCUT2D eigenvalue weighted by Crippen LogP contribution is -2.58. The molecule has 3 atom stereocenters. The molecule has 2 saturated heterocycles. The van der Waals surface area contributed by atoms with E-state index in [-0.39, 0.29) is 30.0 Å². The molecule has 0 spiro atoms. The molecule has 2 aliphatic heterocycles. The Morgan fingerprint density at radius 1 is 1.00 bits per heavy atom. The fourth-order valence-electron chi connectivity index (χ4n) is 5.74. The lowest BCUT2D eigenvalue weighted by molar-refractivity contribution is -0.132. The summed E-state index contributed by atoms with van der Waals surface area (Å²) in [6.45, 7) is 12.3. The number of amides is 3. The molecule has 0 bridgehead atoms. The van der Waals surface area contributed by atoms with Crippen molar-refractivity contribution in [2.24, 2.45) is 5.92 Å². The molecule has 1 N–H and O–H groups in total. The summed E-state index contributed by atoms with van der Waals surface area (Å²) in [5.74, 6) is -1.31. The van der Waals surface area contributed by atoms with E-state index in [1.165, 1.54) is 0 Å². The second kappa shape index (κ2) is 13.4. The SMILES string of the molecule is C[C@@H]1CN(C(=O)OC(C)(C)C)C[C@H](C)N1Cc1cn(-c2ccc(CNC(=O)C3CCN(c4ccc(Cl)c(Cl)c4)C3=O)cc2)nn1. The third-order valence-electron chi connectivity index (χ3n) is 8.04. The summed E-state index contributed by atoms with van der Waals surface area (Å²) in [4.78, 5) is 44.1. The van der Waals surface area contributed by atoms with Gasteiger partial charge in [-0.05, 0) is 76.9 Å². The van der Waals surface area contributed by atoms with E-state index < -0.39 is 11.5 Å². The number of ether oxygens (including phenoxy) is 1. The first-order valence-corrected chi connectivity index (χ1v) is 15.8. The van der Waals surface area contributed by atoms with Crippen molar-refractivity contribution in [1.82, 2.24) is 30.1 Å². The molecule has 1 aromatic heterocycles. The molecule has 5 rings (SSSR count). The van der Waals surface area contributed by atoms with Crippen LogP contribution in [-0.2, 0) is 27.4 Å². The number of benzene rings is 2. The zero-order valence-electron chi connectivity index (χ0n) is 26.2. The lowest BCUT2D eigenvalue weighted by atomic mass is 10.1. The van der Waals surface area contributed by atoms with Crippen molar-refractivity contribution < 1.29 is 19.1 Å². The van der Waals surface area contributed by atoms with Crippen molar-refractivity contribution >= 4 is 46.8 Å². The van der Waals surface area contributed by atoms with Crippen molar-refractivity contribution in [2.75, 3.05) is 24.5 Å². The standard InChI is InChI=1S/C32H39Cl2N7O4/c1-20-16-38(31(44)45-32(3,4)5)17-21(2)40(20)18-23-19-41(37-36-23)24-8-6-22(7-9-24)15-35-29(42)26-12-13-39(30(26)43)25-10-11-27(33)28(34)14-25/h6-11,14,19-21,26H,12-13,15-18H2,1-5H3,(H,35,42)/t20-,21+,26?. The molecule has 0 radical (unpaired) electrons. The second-order valence-corrected chi connectivity index (χ2v) is 13.5. The highest BCUT2D eigenvalue weighted by molar-refractivity contribution is 6.42. The average Bonchev–Trinajstić information content (AvgIpc) is 3.61. The number of hydrogen-bond acceptors (Lipinski definition) is 7. The number of piperazine rings is 1. The Morgan fingerprint density at radius 3 is 2.31 bits per heavy atom. The van der Waals surface area contributed by atoms with Crippen LogP contribution in [-0.4, -0.2) is 80.0 Å². The van der Waals surface area contributed by atoms with Gasteiger partial charge in [-0.25, -0.2) is 9.48 Å². The van der Waals surface area contributed by atoms with Crippen LogP contribution >= 0.6 is 23.2 Å². The van der Waals surface area contributed by atoms with Crippen LogP contribution in [0.3, 0.4) is 0 Å². The van der Waals surface area contributed by atoms with Gasteiger partial charge in [-0.15, -0.1) is 5.10 Å². The highest BCUT2D eigenvalue weighted by Crippen LogP contribution is 2.31. The number of nitrogens with zero attached hydrogens (tertiary/aromatic N) is 6. The molecule has 3 heterocycles. The molecule has 2 aliphatic rings. The molecule has 13 heteroatoms. The summed E-state index contributed by atoms with van der Waals surface area (Å²) < 4.78 is 7.29. The average molecular weight is 657 g/mol. The van der Waals surface area contributed by atoms with Crippen LogP contribution in [0, 0.1) is 5.92 Å². The number of halogens is 2. The zero-order chi connectivity index (χ0) is 32.5. The normalized spacial score (nSPS) is 20.9. The summed E-state index contributed by atoms with van der Waals surface area (Å²) in [7, 11) is 0. The molecule has 240 valence electrons. The van der Waals surface area contributed by atoms with Gasteiger partial charge in [0, 0.05) is 50.5 Å². The Balaban J connectivity index is 1.12. The van der Waals surface area contributed by atoms with Crippen molar-refractivity contribution in [3.8, 4) is 5.69 Å². The molecule has 0 aliphatic carbocycles. The van der Waals surface area contributed by atoms with Crippen LogP contribution in [0.15, 0.2) is 48.7 Å². The molecule has 0 saturated carbocycles. The van der Waals surface area contributed by atoms with Crippen LogP contribution in [0.4, 0.5) is 10.5 Å². The van der Waals surface area contributed by atoms with Gasteiger partial charge in [0.15, 0.2) is 0 Å².